The standard InChI is InChI=1S/C10H17N3S/c1-10(2,3)7-11-8-5-6-9(14-4)13-12-8/h5-6H,7H2,1-4H3,(H,11,12). The lowest BCUT2D eigenvalue weighted by molar-refractivity contribution is 0.442. The molecule has 0 atom stereocenters. The lowest BCUT2D eigenvalue weighted by Gasteiger charge is -2.18. The number of anilines is 1. The summed E-state index contributed by atoms with van der Waals surface area (Å²) in [5, 5.41) is 12.3. The molecule has 0 amide bonds. The van der Waals surface area contributed by atoms with Crippen LogP contribution in [-0.2, 0) is 0 Å². The molecule has 14 heavy (non-hydrogen) atoms. The molecule has 78 valence electrons. The normalized spacial score (nSPS) is 11.4. The maximum absolute atomic E-state index is 4.07. The van der Waals surface area contributed by atoms with E-state index in [0.29, 0.717) is 0 Å². The summed E-state index contributed by atoms with van der Waals surface area (Å²) in [6, 6.07) is 3.94. The van der Waals surface area contributed by atoms with Crippen molar-refractivity contribution in [2.75, 3.05) is 18.1 Å². The molecule has 1 aromatic heterocycles. The van der Waals surface area contributed by atoms with E-state index in [0.717, 1.165) is 17.4 Å². The van der Waals surface area contributed by atoms with Gasteiger partial charge in [0.15, 0.2) is 0 Å². The summed E-state index contributed by atoms with van der Waals surface area (Å²) in [7, 11) is 0. The van der Waals surface area contributed by atoms with Crippen LogP contribution in [0.3, 0.4) is 0 Å². The SMILES string of the molecule is CSc1ccc(NCC(C)(C)C)nn1. The second-order valence-corrected chi connectivity index (χ2v) is 5.20. The Bertz CT molecular complexity index is 276. The maximum Gasteiger partial charge on any atom is 0.148 e. The van der Waals surface area contributed by atoms with Gasteiger partial charge >= 0.3 is 0 Å². The van der Waals surface area contributed by atoms with Crippen molar-refractivity contribution in [3.63, 3.8) is 0 Å². The molecule has 1 aromatic rings. The van der Waals surface area contributed by atoms with E-state index < -0.39 is 0 Å². The zero-order valence-corrected chi connectivity index (χ0v) is 9.98. The van der Waals surface area contributed by atoms with Crippen molar-refractivity contribution in [3.8, 4) is 0 Å². The molecule has 1 N–H and O–H groups in total. The van der Waals surface area contributed by atoms with E-state index in [-0.39, 0.29) is 5.41 Å². The lowest BCUT2D eigenvalue weighted by atomic mass is 9.97. The third-order valence-corrected chi connectivity index (χ3v) is 2.29. The Kier molecular flexibility index (Phi) is 3.75. The summed E-state index contributed by atoms with van der Waals surface area (Å²) in [5.74, 6) is 0.845. The van der Waals surface area contributed by atoms with Crippen LogP contribution in [0.1, 0.15) is 20.8 Å². The van der Waals surface area contributed by atoms with Gasteiger partial charge in [-0.25, -0.2) is 0 Å². The number of hydrogen-bond acceptors (Lipinski definition) is 4. The first kappa shape index (κ1) is 11.3. The van der Waals surface area contributed by atoms with E-state index >= 15 is 0 Å². The van der Waals surface area contributed by atoms with E-state index in [9.17, 15) is 0 Å². The zero-order chi connectivity index (χ0) is 10.6. The maximum atomic E-state index is 4.07. The Hall–Kier alpha value is -0.770. The van der Waals surface area contributed by atoms with Gasteiger partial charge in [-0.3, -0.25) is 0 Å². The van der Waals surface area contributed by atoms with Gasteiger partial charge in [-0.15, -0.1) is 22.0 Å². The van der Waals surface area contributed by atoms with Gasteiger partial charge in [0, 0.05) is 6.54 Å². The van der Waals surface area contributed by atoms with Crippen molar-refractivity contribution in [2.24, 2.45) is 5.41 Å². The Balaban J connectivity index is 2.52. The Morgan fingerprint density at radius 3 is 2.43 bits per heavy atom. The number of nitrogens with zero attached hydrogens (tertiary/aromatic N) is 2. The van der Waals surface area contributed by atoms with Crippen LogP contribution in [0.5, 0.6) is 0 Å². The first-order valence-corrected chi connectivity index (χ1v) is 5.85. The van der Waals surface area contributed by atoms with Crippen LogP contribution in [0.25, 0.3) is 0 Å². The molecule has 0 radical (unpaired) electrons. The fraction of sp³-hybridized carbons (Fsp3) is 0.600. The molecule has 0 saturated carbocycles. The summed E-state index contributed by atoms with van der Waals surface area (Å²) in [6.45, 7) is 7.46. The predicted molar refractivity (Wildman–Crippen MR) is 61.8 cm³/mol. The predicted octanol–water partition coefficient (Wildman–Crippen LogP) is 2.66. The molecule has 0 aliphatic carbocycles. The van der Waals surface area contributed by atoms with Crippen LogP contribution in [0.4, 0.5) is 5.82 Å². The van der Waals surface area contributed by atoms with Gasteiger partial charge in [0.05, 0.1) is 0 Å². The lowest BCUT2D eigenvalue weighted by Crippen LogP contribution is -2.19. The highest BCUT2D eigenvalue weighted by atomic mass is 32.2. The Labute approximate surface area is 89.7 Å². The molecule has 0 unspecified atom stereocenters. The monoisotopic (exact) mass is 211 g/mol. The third kappa shape index (κ3) is 3.96. The fourth-order valence-corrected chi connectivity index (χ4v) is 1.21. The molecule has 1 heterocycles. The van der Waals surface area contributed by atoms with Crippen LogP contribution >= 0.6 is 11.8 Å². The highest BCUT2D eigenvalue weighted by molar-refractivity contribution is 7.98. The molecule has 0 aliphatic heterocycles. The van der Waals surface area contributed by atoms with Crippen LogP contribution in [0.2, 0.25) is 0 Å². The number of aromatic nitrogens is 2. The average Bonchev–Trinajstić information content (AvgIpc) is 2.14. The van der Waals surface area contributed by atoms with Crippen LogP contribution in [-0.4, -0.2) is 23.0 Å². The van der Waals surface area contributed by atoms with Crippen LogP contribution in [0.15, 0.2) is 17.2 Å². The first-order chi connectivity index (χ1) is 6.51. The molecule has 3 nitrogen and oxygen atoms in total. The number of nitrogens with one attached hydrogen (secondary N) is 1. The second-order valence-electron chi connectivity index (χ2n) is 4.38. The van der Waals surface area contributed by atoms with Crippen molar-refractivity contribution in [3.05, 3.63) is 12.1 Å². The minimum absolute atomic E-state index is 0.264. The van der Waals surface area contributed by atoms with Crippen molar-refractivity contribution in [2.45, 2.75) is 25.8 Å². The molecular weight excluding hydrogens is 194 g/mol. The van der Waals surface area contributed by atoms with Crippen molar-refractivity contribution < 1.29 is 0 Å². The van der Waals surface area contributed by atoms with E-state index in [1.165, 1.54) is 0 Å². The Morgan fingerprint density at radius 1 is 1.29 bits per heavy atom. The van der Waals surface area contributed by atoms with Gasteiger partial charge in [0.25, 0.3) is 0 Å². The first-order valence-electron chi connectivity index (χ1n) is 4.63. The summed E-state index contributed by atoms with van der Waals surface area (Å²) in [6.07, 6.45) is 1.99. The average molecular weight is 211 g/mol. The fourth-order valence-electron chi connectivity index (χ4n) is 0.879. The molecule has 4 heteroatoms. The van der Waals surface area contributed by atoms with Crippen molar-refractivity contribution >= 4 is 17.6 Å². The van der Waals surface area contributed by atoms with E-state index in [4.69, 9.17) is 0 Å². The highest BCUT2D eigenvalue weighted by Gasteiger charge is 2.09. The van der Waals surface area contributed by atoms with Gasteiger partial charge in [-0.05, 0) is 23.8 Å². The van der Waals surface area contributed by atoms with Gasteiger partial charge < -0.3 is 5.32 Å². The van der Waals surface area contributed by atoms with Crippen molar-refractivity contribution in [1.29, 1.82) is 0 Å². The molecular formula is C10H17N3S. The van der Waals surface area contributed by atoms with Gasteiger partial charge in [0.1, 0.15) is 10.8 Å². The smallest absolute Gasteiger partial charge is 0.148 e. The molecule has 0 aromatic carbocycles. The minimum atomic E-state index is 0.264. The second kappa shape index (κ2) is 4.64. The summed E-state index contributed by atoms with van der Waals surface area (Å²) < 4.78 is 0. The number of hydrogen-bond donors (Lipinski definition) is 1. The molecule has 0 saturated heterocycles. The topological polar surface area (TPSA) is 37.8 Å². The quantitative estimate of drug-likeness (QED) is 0.780. The van der Waals surface area contributed by atoms with Gasteiger partial charge in [0.2, 0.25) is 0 Å². The van der Waals surface area contributed by atoms with Crippen LogP contribution < -0.4 is 5.32 Å². The Morgan fingerprint density at radius 2 is 2.00 bits per heavy atom. The molecule has 1 rings (SSSR count). The minimum Gasteiger partial charge on any atom is -0.368 e. The number of thioether (sulfide) groups is 1. The van der Waals surface area contributed by atoms with E-state index in [1.54, 1.807) is 11.8 Å². The summed E-state index contributed by atoms with van der Waals surface area (Å²) >= 11 is 1.60. The highest BCUT2D eigenvalue weighted by Crippen LogP contribution is 2.15. The van der Waals surface area contributed by atoms with Gasteiger partial charge in [-0.2, -0.15) is 0 Å². The summed E-state index contributed by atoms with van der Waals surface area (Å²) in [5.41, 5.74) is 0.264. The molecule has 0 bridgehead atoms. The van der Waals surface area contributed by atoms with Gasteiger partial charge in [-0.1, -0.05) is 20.8 Å². The van der Waals surface area contributed by atoms with Crippen molar-refractivity contribution in [1.82, 2.24) is 10.2 Å². The van der Waals surface area contributed by atoms with Crippen LogP contribution in [0, 0.1) is 5.41 Å². The van der Waals surface area contributed by atoms with E-state index in [2.05, 4.69) is 36.3 Å². The molecule has 0 spiro atoms. The zero-order valence-electron chi connectivity index (χ0n) is 9.16. The number of rotatable bonds is 3. The summed E-state index contributed by atoms with van der Waals surface area (Å²) in [4.78, 5) is 0. The molecule has 0 fully saturated rings. The molecule has 0 aliphatic rings. The largest absolute Gasteiger partial charge is 0.368 e. The van der Waals surface area contributed by atoms with E-state index in [1.807, 2.05) is 18.4 Å². The third-order valence-electron chi connectivity index (χ3n) is 1.65.